The van der Waals surface area contributed by atoms with Crippen LogP contribution in [0.1, 0.15) is 0 Å². The van der Waals surface area contributed by atoms with Crippen molar-refractivity contribution >= 4 is 32.7 Å². The number of hydrogen-bond donors (Lipinski definition) is 0. The van der Waals surface area contributed by atoms with E-state index in [9.17, 15) is 0 Å². The molecule has 0 radical (unpaired) electrons. The minimum absolute atomic E-state index is 0.910. The van der Waals surface area contributed by atoms with Gasteiger partial charge in [-0.15, -0.1) is 5.10 Å². The van der Waals surface area contributed by atoms with Crippen LogP contribution in [0.3, 0.4) is 0 Å². The van der Waals surface area contributed by atoms with E-state index in [4.69, 9.17) is 0 Å². The third-order valence-electron chi connectivity index (χ3n) is 3.18. The van der Waals surface area contributed by atoms with Gasteiger partial charge in [0.15, 0.2) is 0 Å². The fourth-order valence-electron chi connectivity index (χ4n) is 2.30. The fraction of sp³-hybridized carbons (Fsp3) is 0. The minimum Gasteiger partial charge on any atom is -0.248 e. The Morgan fingerprint density at radius 1 is 0.778 bits per heavy atom. The highest BCUT2D eigenvalue weighted by Crippen LogP contribution is 2.25. The number of aromatic nitrogens is 3. The SMILES string of the molecule is c1ccc2nc3ccc4ccnnc4c3cc2c1. The van der Waals surface area contributed by atoms with Gasteiger partial charge in [0, 0.05) is 16.2 Å². The molecule has 4 rings (SSSR count). The van der Waals surface area contributed by atoms with Crippen LogP contribution >= 0.6 is 0 Å². The monoisotopic (exact) mass is 231 g/mol. The summed E-state index contributed by atoms with van der Waals surface area (Å²) in [4.78, 5) is 4.66. The lowest BCUT2D eigenvalue weighted by molar-refractivity contribution is 1.08. The number of nitrogens with zero attached hydrogens (tertiary/aromatic N) is 3. The lowest BCUT2D eigenvalue weighted by atomic mass is 10.1. The van der Waals surface area contributed by atoms with Gasteiger partial charge in [0.25, 0.3) is 0 Å². The molecule has 0 saturated heterocycles. The zero-order chi connectivity index (χ0) is 11.9. The van der Waals surface area contributed by atoms with Crippen LogP contribution in [0.4, 0.5) is 0 Å². The first-order chi connectivity index (χ1) is 8.92. The van der Waals surface area contributed by atoms with E-state index in [-0.39, 0.29) is 0 Å². The van der Waals surface area contributed by atoms with Crippen LogP contribution in [-0.2, 0) is 0 Å². The van der Waals surface area contributed by atoms with Gasteiger partial charge in [0.2, 0.25) is 0 Å². The first kappa shape index (κ1) is 9.48. The molecule has 3 heteroatoms. The highest BCUT2D eigenvalue weighted by atomic mass is 15.1. The maximum absolute atomic E-state index is 4.66. The molecule has 0 aliphatic carbocycles. The predicted octanol–water partition coefficient (Wildman–Crippen LogP) is 3.33. The van der Waals surface area contributed by atoms with Crippen molar-refractivity contribution in [1.82, 2.24) is 15.2 Å². The second-order valence-electron chi connectivity index (χ2n) is 4.28. The molecule has 3 nitrogen and oxygen atoms in total. The van der Waals surface area contributed by atoms with E-state index in [0.717, 1.165) is 32.7 Å². The van der Waals surface area contributed by atoms with E-state index in [1.54, 1.807) is 6.20 Å². The summed E-state index contributed by atoms with van der Waals surface area (Å²) < 4.78 is 0. The van der Waals surface area contributed by atoms with Gasteiger partial charge in [0.05, 0.1) is 17.2 Å². The average molecular weight is 231 g/mol. The standard InChI is InChI=1S/C15H9N3/c1-2-4-13-11(3-1)9-12-14(17-13)6-5-10-7-8-16-18-15(10)12/h1-9H. The van der Waals surface area contributed by atoms with Crippen LogP contribution in [-0.4, -0.2) is 15.2 Å². The van der Waals surface area contributed by atoms with Crippen molar-refractivity contribution in [3.05, 3.63) is 54.7 Å². The predicted molar refractivity (Wildman–Crippen MR) is 72.3 cm³/mol. The molecule has 2 aromatic heterocycles. The maximum atomic E-state index is 4.66. The molecule has 0 aliphatic heterocycles. The van der Waals surface area contributed by atoms with Crippen molar-refractivity contribution in [1.29, 1.82) is 0 Å². The third-order valence-corrected chi connectivity index (χ3v) is 3.18. The molecule has 0 fully saturated rings. The van der Waals surface area contributed by atoms with Crippen molar-refractivity contribution in [2.45, 2.75) is 0 Å². The molecule has 2 aromatic carbocycles. The Kier molecular flexibility index (Phi) is 1.83. The Hall–Kier alpha value is -2.55. The zero-order valence-electron chi connectivity index (χ0n) is 9.54. The molecule has 18 heavy (non-hydrogen) atoms. The van der Waals surface area contributed by atoms with Gasteiger partial charge in [-0.25, -0.2) is 4.98 Å². The number of benzene rings is 2. The lowest BCUT2D eigenvalue weighted by Gasteiger charge is -2.03. The summed E-state index contributed by atoms with van der Waals surface area (Å²) in [6.45, 7) is 0. The Labute approximate surface area is 103 Å². The van der Waals surface area contributed by atoms with Gasteiger partial charge in [-0.05, 0) is 24.3 Å². The Balaban J connectivity index is 2.27. The average Bonchev–Trinajstić information content (AvgIpc) is 2.45. The van der Waals surface area contributed by atoms with Gasteiger partial charge in [-0.3, -0.25) is 0 Å². The zero-order valence-corrected chi connectivity index (χ0v) is 9.54. The molecular weight excluding hydrogens is 222 g/mol. The van der Waals surface area contributed by atoms with Crippen LogP contribution in [0.15, 0.2) is 54.7 Å². The van der Waals surface area contributed by atoms with E-state index in [0.29, 0.717) is 0 Å². The van der Waals surface area contributed by atoms with E-state index >= 15 is 0 Å². The molecule has 4 aromatic rings. The van der Waals surface area contributed by atoms with Crippen LogP contribution in [0.2, 0.25) is 0 Å². The molecule has 0 atom stereocenters. The Morgan fingerprint density at radius 2 is 1.72 bits per heavy atom. The summed E-state index contributed by atoms with van der Waals surface area (Å²) in [5.41, 5.74) is 2.88. The summed E-state index contributed by atoms with van der Waals surface area (Å²) in [5.74, 6) is 0. The quantitative estimate of drug-likeness (QED) is 0.344. The molecule has 2 heterocycles. The van der Waals surface area contributed by atoms with Gasteiger partial charge in [-0.2, -0.15) is 5.10 Å². The molecule has 0 unspecified atom stereocenters. The maximum Gasteiger partial charge on any atom is 0.102 e. The third kappa shape index (κ3) is 1.27. The van der Waals surface area contributed by atoms with Gasteiger partial charge >= 0.3 is 0 Å². The number of pyridine rings is 1. The molecule has 0 spiro atoms. The number of para-hydroxylation sites is 1. The van der Waals surface area contributed by atoms with Crippen molar-refractivity contribution in [3.8, 4) is 0 Å². The van der Waals surface area contributed by atoms with Crippen LogP contribution in [0.5, 0.6) is 0 Å². The first-order valence-corrected chi connectivity index (χ1v) is 5.82. The van der Waals surface area contributed by atoms with Crippen LogP contribution < -0.4 is 0 Å². The molecule has 84 valence electrons. The van der Waals surface area contributed by atoms with E-state index in [2.05, 4.69) is 27.3 Å². The summed E-state index contributed by atoms with van der Waals surface area (Å²) >= 11 is 0. The molecule has 0 bridgehead atoms. The first-order valence-electron chi connectivity index (χ1n) is 5.82. The second-order valence-corrected chi connectivity index (χ2v) is 4.28. The van der Waals surface area contributed by atoms with E-state index < -0.39 is 0 Å². The Bertz CT molecular complexity index is 878. The number of rotatable bonds is 0. The van der Waals surface area contributed by atoms with Crippen molar-refractivity contribution in [3.63, 3.8) is 0 Å². The number of hydrogen-bond acceptors (Lipinski definition) is 3. The van der Waals surface area contributed by atoms with Crippen LogP contribution in [0.25, 0.3) is 32.7 Å². The topological polar surface area (TPSA) is 38.7 Å². The van der Waals surface area contributed by atoms with Gasteiger partial charge in [0.1, 0.15) is 5.52 Å². The van der Waals surface area contributed by atoms with Crippen molar-refractivity contribution in [2.24, 2.45) is 0 Å². The largest absolute Gasteiger partial charge is 0.248 e. The van der Waals surface area contributed by atoms with Crippen LogP contribution in [0, 0.1) is 0 Å². The van der Waals surface area contributed by atoms with E-state index in [1.165, 1.54) is 0 Å². The summed E-state index contributed by atoms with van der Waals surface area (Å²) in [6, 6.07) is 16.3. The molecule has 0 saturated carbocycles. The van der Waals surface area contributed by atoms with Gasteiger partial charge in [-0.1, -0.05) is 24.3 Å². The van der Waals surface area contributed by atoms with Crippen molar-refractivity contribution < 1.29 is 0 Å². The summed E-state index contributed by atoms with van der Waals surface area (Å²) in [5, 5.41) is 11.5. The summed E-state index contributed by atoms with van der Waals surface area (Å²) in [6.07, 6.45) is 1.71. The smallest absolute Gasteiger partial charge is 0.102 e. The second kappa shape index (κ2) is 3.47. The number of fused-ring (bicyclic) bond motifs is 4. The highest BCUT2D eigenvalue weighted by Gasteiger charge is 2.04. The van der Waals surface area contributed by atoms with Crippen molar-refractivity contribution in [2.75, 3.05) is 0 Å². The van der Waals surface area contributed by atoms with Gasteiger partial charge < -0.3 is 0 Å². The fourth-order valence-corrected chi connectivity index (χ4v) is 2.30. The minimum atomic E-state index is 0.910. The van der Waals surface area contributed by atoms with E-state index in [1.807, 2.05) is 36.4 Å². The lowest BCUT2D eigenvalue weighted by Crippen LogP contribution is -1.87. The molecular formula is C15H9N3. The molecule has 0 amide bonds. The normalized spacial score (nSPS) is 11.3. The molecule has 0 aliphatic rings. The molecule has 0 N–H and O–H groups in total. The Morgan fingerprint density at radius 3 is 2.72 bits per heavy atom. The summed E-state index contributed by atoms with van der Waals surface area (Å²) in [7, 11) is 0. The highest BCUT2D eigenvalue weighted by molar-refractivity contribution is 6.07.